The van der Waals surface area contributed by atoms with Crippen LogP contribution in [-0.2, 0) is 16.6 Å². The molecule has 2 rings (SSSR count). The van der Waals surface area contributed by atoms with Gasteiger partial charge in [0.15, 0.2) is 4.36 Å². The Hall–Kier alpha value is -1.33. The molecule has 0 saturated carbocycles. The third-order valence-electron chi connectivity index (χ3n) is 2.02. The second kappa shape index (κ2) is 4.27. The van der Waals surface area contributed by atoms with Gasteiger partial charge in [-0.15, -0.1) is 0 Å². The van der Waals surface area contributed by atoms with E-state index in [0.29, 0.717) is 6.54 Å². The molecule has 0 atom stereocenters. The smallest absolute Gasteiger partial charge is 0.263 e. The van der Waals surface area contributed by atoms with Crippen molar-refractivity contribution in [1.29, 1.82) is 0 Å². The summed E-state index contributed by atoms with van der Waals surface area (Å²) in [7, 11) is -3.53. The van der Waals surface area contributed by atoms with Crippen LogP contribution in [-0.4, -0.2) is 14.3 Å². The predicted octanol–water partition coefficient (Wildman–Crippen LogP) is 1.60. The molecule has 1 aliphatic heterocycles. The summed E-state index contributed by atoms with van der Waals surface area (Å²) >= 11 is 5.51. The molecule has 1 aromatic carbocycles. The van der Waals surface area contributed by atoms with Crippen LogP contribution >= 0.6 is 11.6 Å². The van der Waals surface area contributed by atoms with Crippen molar-refractivity contribution in [2.75, 3.05) is 0 Å². The molecule has 1 heterocycles. The van der Waals surface area contributed by atoms with Crippen molar-refractivity contribution >= 4 is 27.5 Å². The van der Waals surface area contributed by atoms with Crippen LogP contribution in [0.2, 0.25) is 0 Å². The fourth-order valence-corrected chi connectivity index (χ4v) is 2.22. The molecular formula is C10H9ClN2O2S. The molecule has 0 radical (unpaired) electrons. The monoisotopic (exact) mass is 256 g/mol. The second-order valence-electron chi connectivity index (χ2n) is 3.24. The Morgan fingerprint density at radius 2 is 1.94 bits per heavy atom. The highest BCUT2D eigenvalue weighted by atomic mass is 35.5. The van der Waals surface area contributed by atoms with Crippen LogP contribution in [0.15, 0.2) is 45.8 Å². The van der Waals surface area contributed by atoms with Crippen LogP contribution in [0.1, 0.15) is 5.56 Å². The van der Waals surface area contributed by atoms with Gasteiger partial charge in [-0.2, -0.15) is 0 Å². The number of rotatable bonds is 2. The average molecular weight is 257 g/mol. The summed E-state index contributed by atoms with van der Waals surface area (Å²) < 4.78 is 24.4. The number of hydrogen-bond donors (Lipinski definition) is 1. The summed E-state index contributed by atoms with van der Waals surface area (Å²) in [5.41, 5.74) is 1.01. The molecule has 0 saturated heterocycles. The molecule has 0 aliphatic carbocycles. The summed E-state index contributed by atoms with van der Waals surface area (Å²) in [6.07, 6.45) is 1.31. The van der Waals surface area contributed by atoms with Crippen LogP contribution in [0, 0.1) is 0 Å². The number of nitrogens with zero attached hydrogens (tertiary/aromatic N) is 1. The van der Waals surface area contributed by atoms with Crippen LogP contribution in [0.25, 0.3) is 0 Å². The van der Waals surface area contributed by atoms with E-state index in [4.69, 9.17) is 11.6 Å². The lowest BCUT2D eigenvalue weighted by Gasteiger charge is -1.98. The Labute approximate surface area is 98.7 Å². The number of benzene rings is 1. The lowest BCUT2D eigenvalue weighted by atomic mass is 10.2. The molecule has 1 aliphatic rings. The molecule has 0 bridgehead atoms. The van der Waals surface area contributed by atoms with Gasteiger partial charge in [-0.25, -0.2) is 8.42 Å². The Balaban J connectivity index is 2.12. The lowest BCUT2D eigenvalue weighted by Crippen LogP contribution is -2.22. The van der Waals surface area contributed by atoms with Gasteiger partial charge < -0.3 is 0 Å². The zero-order valence-corrected chi connectivity index (χ0v) is 9.79. The van der Waals surface area contributed by atoms with Gasteiger partial charge in [-0.3, -0.25) is 9.71 Å². The highest BCUT2D eigenvalue weighted by Gasteiger charge is 2.24. The van der Waals surface area contributed by atoms with E-state index in [1.54, 1.807) is 0 Å². The molecule has 0 aromatic heterocycles. The minimum atomic E-state index is -3.53. The molecule has 1 aromatic rings. The zero-order chi connectivity index (χ0) is 11.6. The molecule has 84 valence electrons. The van der Waals surface area contributed by atoms with Gasteiger partial charge in [-0.1, -0.05) is 41.9 Å². The van der Waals surface area contributed by atoms with Crippen molar-refractivity contribution in [1.82, 2.24) is 4.72 Å². The Morgan fingerprint density at radius 3 is 2.50 bits per heavy atom. The van der Waals surface area contributed by atoms with E-state index in [2.05, 4.69) is 9.71 Å². The van der Waals surface area contributed by atoms with Crippen LogP contribution in [0.5, 0.6) is 0 Å². The van der Waals surface area contributed by atoms with Gasteiger partial charge in [0.1, 0.15) is 5.84 Å². The number of hydrogen-bond acceptors (Lipinski definition) is 3. The van der Waals surface area contributed by atoms with Crippen molar-refractivity contribution in [3.63, 3.8) is 0 Å². The largest absolute Gasteiger partial charge is 0.274 e. The third-order valence-corrected chi connectivity index (χ3v) is 3.85. The fraction of sp³-hybridized carbons (Fsp3) is 0.100. The quantitative estimate of drug-likeness (QED) is 0.874. The van der Waals surface area contributed by atoms with Gasteiger partial charge >= 0.3 is 0 Å². The van der Waals surface area contributed by atoms with Gasteiger partial charge in [0.05, 0.1) is 6.54 Å². The highest BCUT2D eigenvalue weighted by Crippen LogP contribution is 2.16. The first-order valence-electron chi connectivity index (χ1n) is 4.56. The first-order valence-corrected chi connectivity index (χ1v) is 6.42. The zero-order valence-electron chi connectivity index (χ0n) is 8.22. The van der Waals surface area contributed by atoms with Crippen molar-refractivity contribution in [2.24, 2.45) is 4.99 Å². The first kappa shape index (κ1) is 11.2. The molecule has 0 unspecified atom stereocenters. The Morgan fingerprint density at radius 1 is 1.25 bits per heavy atom. The van der Waals surface area contributed by atoms with E-state index >= 15 is 0 Å². The van der Waals surface area contributed by atoms with Crippen LogP contribution < -0.4 is 4.72 Å². The van der Waals surface area contributed by atoms with Gasteiger partial charge in [0, 0.05) is 6.08 Å². The summed E-state index contributed by atoms with van der Waals surface area (Å²) in [4.78, 5) is 4.11. The van der Waals surface area contributed by atoms with Gasteiger partial charge in [0.2, 0.25) is 0 Å². The number of sulfonamides is 1. The fourth-order valence-electron chi connectivity index (χ4n) is 1.24. The molecule has 0 amide bonds. The SMILES string of the molecule is O=S1(=O)NC(=NCc2ccccc2)C=C1Cl. The molecule has 4 nitrogen and oxygen atoms in total. The topological polar surface area (TPSA) is 58.5 Å². The minimum Gasteiger partial charge on any atom is -0.263 e. The van der Waals surface area contributed by atoms with Gasteiger partial charge in [0.25, 0.3) is 10.0 Å². The summed E-state index contributed by atoms with van der Waals surface area (Å²) in [5.74, 6) is 0.272. The predicted molar refractivity (Wildman–Crippen MR) is 63.6 cm³/mol. The van der Waals surface area contributed by atoms with E-state index in [0.717, 1.165) is 5.56 Å². The number of halogens is 1. The molecule has 1 N–H and O–H groups in total. The number of amidine groups is 1. The van der Waals surface area contributed by atoms with Crippen LogP contribution in [0.4, 0.5) is 0 Å². The number of nitrogens with one attached hydrogen (secondary N) is 1. The highest BCUT2D eigenvalue weighted by molar-refractivity contribution is 7.96. The summed E-state index contributed by atoms with van der Waals surface area (Å²) in [6.45, 7) is 0.416. The van der Waals surface area contributed by atoms with Crippen molar-refractivity contribution < 1.29 is 8.42 Å². The van der Waals surface area contributed by atoms with Crippen LogP contribution in [0.3, 0.4) is 0 Å². The van der Waals surface area contributed by atoms with Crippen molar-refractivity contribution in [2.45, 2.75) is 6.54 Å². The Kier molecular flexibility index (Phi) is 2.98. The lowest BCUT2D eigenvalue weighted by molar-refractivity contribution is 0.601. The maximum absolute atomic E-state index is 11.2. The normalized spacial score (nSPS) is 20.6. The van der Waals surface area contributed by atoms with E-state index in [1.165, 1.54) is 6.08 Å². The van der Waals surface area contributed by atoms with E-state index in [9.17, 15) is 8.42 Å². The minimum absolute atomic E-state index is 0.223. The number of aliphatic imine (C=N–C) groups is 1. The van der Waals surface area contributed by atoms with E-state index < -0.39 is 10.0 Å². The Bertz CT molecular complexity index is 549. The average Bonchev–Trinajstić information content (AvgIpc) is 2.52. The molecule has 0 spiro atoms. The van der Waals surface area contributed by atoms with Crippen molar-refractivity contribution in [3.05, 3.63) is 46.3 Å². The summed E-state index contributed by atoms with van der Waals surface area (Å²) in [5, 5.41) is 0. The standard InChI is InChI=1S/C10H9ClN2O2S/c11-9-6-10(13-16(9,14)15)12-7-8-4-2-1-3-5-8/h1-6H,7H2,(H,12,13). The molecule has 16 heavy (non-hydrogen) atoms. The third kappa shape index (κ3) is 2.43. The van der Waals surface area contributed by atoms with Crippen molar-refractivity contribution in [3.8, 4) is 0 Å². The first-order chi connectivity index (χ1) is 7.58. The van der Waals surface area contributed by atoms with Gasteiger partial charge in [-0.05, 0) is 5.56 Å². The second-order valence-corrected chi connectivity index (χ2v) is 5.52. The van der Waals surface area contributed by atoms with E-state index in [-0.39, 0.29) is 10.2 Å². The maximum Gasteiger partial charge on any atom is 0.274 e. The molecular weight excluding hydrogens is 248 g/mol. The molecule has 0 fully saturated rings. The summed E-state index contributed by atoms with van der Waals surface area (Å²) in [6, 6.07) is 9.54. The maximum atomic E-state index is 11.2. The molecule has 6 heteroatoms. The van der Waals surface area contributed by atoms with E-state index in [1.807, 2.05) is 30.3 Å².